The van der Waals surface area contributed by atoms with Crippen molar-refractivity contribution >= 4 is 23.6 Å². The summed E-state index contributed by atoms with van der Waals surface area (Å²) in [4.78, 5) is 16.9. The van der Waals surface area contributed by atoms with Crippen LogP contribution in [0.1, 0.15) is 19.4 Å². The van der Waals surface area contributed by atoms with Crippen LogP contribution in [0.25, 0.3) is 28.9 Å². The van der Waals surface area contributed by atoms with Crippen molar-refractivity contribution in [2.75, 3.05) is 0 Å². The number of halogens is 1. The molecule has 0 radical (unpaired) electrons. The Kier molecular flexibility index (Phi) is 5.72. The van der Waals surface area contributed by atoms with Gasteiger partial charge in [-0.1, -0.05) is 60.7 Å². The lowest BCUT2D eigenvalue weighted by atomic mass is 10.1. The van der Waals surface area contributed by atoms with Gasteiger partial charge in [0, 0.05) is 22.2 Å². The smallest absolute Gasteiger partial charge is 0.242 e. The number of aromatic nitrogens is 3. The molecule has 138 valence electrons. The van der Waals surface area contributed by atoms with Gasteiger partial charge >= 0.3 is 0 Å². The average molecular weight is 381 g/mol. The zero-order valence-corrected chi connectivity index (χ0v) is 16.1. The number of carbonyl (C=O) groups is 1. The predicted molar refractivity (Wildman–Crippen MR) is 109 cm³/mol. The van der Waals surface area contributed by atoms with Gasteiger partial charge in [0.05, 0.1) is 0 Å². The molecule has 5 nitrogen and oxygen atoms in total. The molecule has 3 rings (SSSR count). The molecule has 0 bridgehead atoms. The van der Waals surface area contributed by atoms with E-state index in [4.69, 9.17) is 11.6 Å². The fraction of sp³-hybridized carbons (Fsp3) is 0.190. The Morgan fingerprint density at radius 2 is 1.96 bits per heavy atom. The number of hydrogen-bond donors (Lipinski definition) is 1. The first-order valence-corrected chi connectivity index (χ1v) is 9.07. The molecule has 3 aromatic rings. The third kappa shape index (κ3) is 4.63. The van der Waals surface area contributed by atoms with Crippen LogP contribution in [0.3, 0.4) is 0 Å². The summed E-state index contributed by atoms with van der Waals surface area (Å²) in [6, 6.07) is 15.2. The number of nitrogens with zero attached hydrogens (tertiary/aromatic N) is 3. The van der Waals surface area contributed by atoms with Crippen molar-refractivity contribution in [2.45, 2.75) is 26.4 Å². The van der Waals surface area contributed by atoms with Crippen molar-refractivity contribution in [3.63, 3.8) is 0 Å². The lowest BCUT2D eigenvalue weighted by Crippen LogP contribution is -2.33. The molecule has 1 amide bonds. The predicted octanol–water partition coefficient (Wildman–Crippen LogP) is 4.43. The Balaban J connectivity index is 2.02. The fourth-order valence-electron chi connectivity index (χ4n) is 2.69. The van der Waals surface area contributed by atoms with Crippen LogP contribution in [-0.4, -0.2) is 26.7 Å². The van der Waals surface area contributed by atoms with Crippen molar-refractivity contribution in [1.82, 2.24) is 20.1 Å². The zero-order chi connectivity index (χ0) is 19.4. The van der Waals surface area contributed by atoms with Gasteiger partial charge in [-0.2, -0.15) is 0 Å². The molecule has 27 heavy (non-hydrogen) atoms. The Morgan fingerprint density at radius 3 is 2.59 bits per heavy atom. The number of hydrogen-bond acceptors (Lipinski definition) is 3. The number of rotatable bonds is 6. The van der Waals surface area contributed by atoms with Gasteiger partial charge in [-0.25, -0.2) is 9.67 Å². The van der Waals surface area contributed by atoms with Gasteiger partial charge in [0.2, 0.25) is 5.91 Å². The summed E-state index contributed by atoms with van der Waals surface area (Å²) in [5.74, 6) is 1.03. The third-order valence-electron chi connectivity index (χ3n) is 3.90. The summed E-state index contributed by atoms with van der Waals surface area (Å²) in [5, 5.41) is 8.05. The highest BCUT2D eigenvalue weighted by Gasteiger charge is 2.16. The molecule has 2 aromatic carbocycles. The molecule has 1 N–H and O–H groups in total. The Morgan fingerprint density at radius 1 is 1.22 bits per heavy atom. The van der Waals surface area contributed by atoms with Gasteiger partial charge in [0.15, 0.2) is 11.6 Å². The highest BCUT2D eigenvalue weighted by molar-refractivity contribution is 6.30. The molecule has 0 unspecified atom stereocenters. The minimum absolute atomic E-state index is 0.0570. The van der Waals surface area contributed by atoms with Crippen molar-refractivity contribution < 1.29 is 4.79 Å². The Hall–Kier alpha value is -2.92. The normalized spacial score (nSPS) is 10.8. The van der Waals surface area contributed by atoms with Gasteiger partial charge in [-0.15, -0.1) is 5.10 Å². The maximum absolute atomic E-state index is 12.3. The summed E-state index contributed by atoms with van der Waals surface area (Å²) >= 11 is 6.13. The molecule has 0 saturated heterocycles. The van der Waals surface area contributed by atoms with E-state index in [1.807, 2.05) is 56.3 Å². The first-order valence-electron chi connectivity index (χ1n) is 8.69. The highest BCUT2D eigenvalue weighted by atomic mass is 35.5. The number of amides is 1. The number of nitrogens with one attached hydrogen (secondary N) is 1. The SMILES string of the molecule is C=Cc1ccc(-c2nc(-c3cccc(Cl)c3)n(CC(=O)NC(C)C)n2)cc1. The van der Waals surface area contributed by atoms with E-state index >= 15 is 0 Å². The van der Waals surface area contributed by atoms with Crippen molar-refractivity contribution in [2.24, 2.45) is 0 Å². The maximum Gasteiger partial charge on any atom is 0.242 e. The van der Waals surface area contributed by atoms with Gasteiger partial charge in [0.1, 0.15) is 6.54 Å². The molecule has 1 heterocycles. The van der Waals surface area contributed by atoms with E-state index in [9.17, 15) is 4.79 Å². The first kappa shape index (κ1) is 18.9. The van der Waals surface area contributed by atoms with Crippen molar-refractivity contribution in [1.29, 1.82) is 0 Å². The third-order valence-corrected chi connectivity index (χ3v) is 4.14. The summed E-state index contributed by atoms with van der Waals surface area (Å²) in [6.45, 7) is 7.69. The van der Waals surface area contributed by atoms with E-state index < -0.39 is 0 Å². The number of benzene rings is 2. The van der Waals surface area contributed by atoms with Crippen LogP contribution in [0, 0.1) is 0 Å². The van der Waals surface area contributed by atoms with Gasteiger partial charge in [-0.05, 0) is 31.5 Å². The molecule has 0 fully saturated rings. The molecule has 0 aliphatic carbocycles. The summed E-state index contributed by atoms with van der Waals surface area (Å²) in [5.41, 5.74) is 2.69. The minimum atomic E-state index is -0.119. The second-order valence-electron chi connectivity index (χ2n) is 6.48. The average Bonchev–Trinajstić information content (AvgIpc) is 3.04. The van der Waals surface area contributed by atoms with Crippen LogP contribution in [-0.2, 0) is 11.3 Å². The molecule has 0 aliphatic rings. The minimum Gasteiger partial charge on any atom is -0.352 e. The molecule has 0 saturated carbocycles. The molecule has 0 aliphatic heterocycles. The lowest BCUT2D eigenvalue weighted by molar-refractivity contribution is -0.122. The van der Waals surface area contributed by atoms with Gasteiger partial charge in [0.25, 0.3) is 0 Å². The van der Waals surface area contributed by atoms with E-state index in [-0.39, 0.29) is 18.5 Å². The summed E-state index contributed by atoms with van der Waals surface area (Å²) in [6.07, 6.45) is 1.78. The summed E-state index contributed by atoms with van der Waals surface area (Å²) < 4.78 is 1.61. The fourth-order valence-corrected chi connectivity index (χ4v) is 2.88. The first-order chi connectivity index (χ1) is 13.0. The molecule has 0 spiro atoms. The molecular weight excluding hydrogens is 360 g/mol. The van der Waals surface area contributed by atoms with E-state index in [1.54, 1.807) is 16.8 Å². The van der Waals surface area contributed by atoms with Crippen molar-refractivity contribution in [3.05, 3.63) is 65.7 Å². The van der Waals surface area contributed by atoms with Gasteiger partial charge in [-0.3, -0.25) is 4.79 Å². The molecule has 0 atom stereocenters. The van der Waals surface area contributed by atoms with Crippen LogP contribution >= 0.6 is 11.6 Å². The standard InChI is InChI=1S/C21H21ClN4O/c1-4-15-8-10-16(11-9-15)20-24-21(17-6-5-7-18(22)12-17)26(25-20)13-19(27)23-14(2)3/h4-12,14H,1,13H2,2-3H3,(H,23,27). The topological polar surface area (TPSA) is 59.8 Å². The van der Waals surface area contributed by atoms with E-state index in [2.05, 4.69) is 22.0 Å². The quantitative estimate of drug-likeness (QED) is 0.688. The van der Waals surface area contributed by atoms with Crippen LogP contribution in [0.15, 0.2) is 55.1 Å². The molecule has 1 aromatic heterocycles. The monoisotopic (exact) mass is 380 g/mol. The summed E-state index contributed by atoms with van der Waals surface area (Å²) in [7, 11) is 0. The van der Waals surface area contributed by atoms with Crippen molar-refractivity contribution in [3.8, 4) is 22.8 Å². The van der Waals surface area contributed by atoms with Crippen LogP contribution in [0.4, 0.5) is 0 Å². The van der Waals surface area contributed by atoms with Crippen LogP contribution in [0.5, 0.6) is 0 Å². The molecular formula is C21H21ClN4O. The Bertz CT molecular complexity index is 961. The van der Waals surface area contributed by atoms with Crippen LogP contribution < -0.4 is 5.32 Å². The van der Waals surface area contributed by atoms with E-state index in [0.29, 0.717) is 16.7 Å². The lowest BCUT2D eigenvalue weighted by Gasteiger charge is -2.09. The maximum atomic E-state index is 12.3. The largest absolute Gasteiger partial charge is 0.352 e. The van der Waals surface area contributed by atoms with Gasteiger partial charge < -0.3 is 5.32 Å². The molecule has 6 heteroatoms. The number of carbonyl (C=O) groups excluding carboxylic acids is 1. The Labute approximate surface area is 163 Å². The zero-order valence-electron chi connectivity index (χ0n) is 15.3. The highest BCUT2D eigenvalue weighted by Crippen LogP contribution is 2.25. The van der Waals surface area contributed by atoms with E-state index in [1.165, 1.54) is 0 Å². The second-order valence-corrected chi connectivity index (χ2v) is 6.91. The van der Waals surface area contributed by atoms with E-state index in [0.717, 1.165) is 16.7 Å². The second kappa shape index (κ2) is 8.18. The van der Waals surface area contributed by atoms with Crippen LogP contribution in [0.2, 0.25) is 5.02 Å².